The average molecular weight is 381 g/mol. The lowest BCUT2D eigenvalue weighted by Crippen LogP contribution is -2.44. The number of amides is 2. The smallest absolute Gasteiger partial charge is 0.254 e. The summed E-state index contributed by atoms with van der Waals surface area (Å²) in [5, 5.41) is 2.75. The molecule has 1 unspecified atom stereocenters. The summed E-state index contributed by atoms with van der Waals surface area (Å²) in [4.78, 5) is 42.6. The summed E-state index contributed by atoms with van der Waals surface area (Å²) in [6.07, 6.45) is 3.25. The van der Waals surface area contributed by atoms with E-state index in [4.69, 9.17) is 4.74 Å². The van der Waals surface area contributed by atoms with Crippen molar-refractivity contribution >= 4 is 23.3 Å². The monoisotopic (exact) mass is 381 g/mol. The Morgan fingerprint density at radius 3 is 2.75 bits per heavy atom. The number of aromatic nitrogens is 1. The summed E-state index contributed by atoms with van der Waals surface area (Å²) in [6.45, 7) is 3.55. The van der Waals surface area contributed by atoms with Crippen LogP contribution in [0.5, 0.6) is 0 Å². The second kappa shape index (κ2) is 9.23. The second-order valence-corrected chi connectivity index (χ2v) is 6.73. The Balaban J connectivity index is 1.55. The number of ketones is 1. The molecule has 146 valence electrons. The van der Waals surface area contributed by atoms with E-state index >= 15 is 0 Å². The van der Waals surface area contributed by atoms with Crippen molar-refractivity contribution < 1.29 is 19.1 Å². The van der Waals surface area contributed by atoms with Gasteiger partial charge in [-0.1, -0.05) is 6.07 Å². The fraction of sp³-hybridized carbons (Fsp3) is 0.333. The lowest BCUT2D eigenvalue weighted by atomic mass is 10.1. The number of Topliss-reactive ketones (excluding diaryl/α,β-unsaturated/α-hetero) is 1. The first-order chi connectivity index (χ1) is 13.5. The highest BCUT2D eigenvalue weighted by Gasteiger charge is 2.22. The van der Waals surface area contributed by atoms with Crippen LogP contribution in [0.1, 0.15) is 40.5 Å². The van der Waals surface area contributed by atoms with Crippen molar-refractivity contribution in [2.45, 2.75) is 25.9 Å². The standard InChI is InChI=1S/C21H23N3O4/c1-15-14-24(10-11-28-15)21(27)16-4-2-6-18(12-16)23-20(26)8-7-19(25)17-5-3-9-22-13-17/h2-6,9,12-13,15H,7-8,10-11,14H2,1H3,(H,23,26). The van der Waals surface area contributed by atoms with Crippen LogP contribution in [-0.2, 0) is 9.53 Å². The van der Waals surface area contributed by atoms with Crippen molar-refractivity contribution in [1.82, 2.24) is 9.88 Å². The Morgan fingerprint density at radius 2 is 2.00 bits per heavy atom. The third-order valence-electron chi connectivity index (χ3n) is 4.48. The van der Waals surface area contributed by atoms with Crippen molar-refractivity contribution in [2.75, 3.05) is 25.0 Å². The van der Waals surface area contributed by atoms with Crippen LogP contribution in [0.3, 0.4) is 0 Å². The highest BCUT2D eigenvalue weighted by Crippen LogP contribution is 2.16. The minimum absolute atomic E-state index is 0.0120. The number of nitrogens with one attached hydrogen (secondary N) is 1. The second-order valence-electron chi connectivity index (χ2n) is 6.73. The van der Waals surface area contributed by atoms with E-state index < -0.39 is 0 Å². The molecule has 1 aromatic carbocycles. The van der Waals surface area contributed by atoms with Gasteiger partial charge in [0.1, 0.15) is 0 Å². The predicted octanol–water partition coefficient (Wildman–Crippen LogP) is 2.54. The van der Waals surface area contributed by atoms with Gasteiger partial charge in [0.25, 0.3) is 5.91 Å². The maximum atomic E-state index is 12.7. The van der Waals surface area contributed by atoms with Crippen LogP contribution < -0.4 is 5.32 Å². The third kappa shape index (κ3) is 5.23. The quantitative estimate of drug-likeness (QED) is 0.777. The van der Waals surface area contributed by atoms with Gasteiger partial charge in [-0.2, -0.15) is 0 Å². The van der Waals surface area contributed by atoms with Crippen molar-refractivity contribution in [2.24, 2.45) is 0 Å². The van der Waals surface area contributed by atoms with E-state index in [1.165, 1.54) is 6.20 Å². The van der Waals surface area contributed by atoms with Crippen LogP contribution in [0.25, 0.3) is 0 Å². The van der Waals surface area contributed by atoms with E-state index in [2.05, 4.69) is 10.3 Å². The first-order valence-corrected chi connectivity index (χ1v) is 9.27. The molecule has 7 nitrogen and oxygen atoms in total. The highest BCUT2D eigenvalue weighted by atomic mass is 16.5. The number of rotatable bonds is 6. The van der Waals surface area contributed by atoms with E-state index in [9.17, 15) is 14.4 Å². The molecule has 7 heteroatoms. The number of pyridine rings is 1. The third-order valence-corrected chi connectivity index (χ3v) is 4.48. The zero-order chi connectivity index (χ0) is 19.9. The molecule has 0 bridgehead atoms. The van der Waals surface area contributed by atoms with Gasteiger partial charge in [-0.15, -0.1) is 0 Å². The van der Waals surface area contributed by atoms with Crippen LogP contribution in [0, 0.1) is 0 Å². The lowest BCUT2D eigenvalue weighted by molar-refractivity contribution is -0.116. The molecule has 28 heavy (non-hydrogen) atoms. The van der Waals surface area contributed by atoms with Crippen molar-refractivity contribution in [3.8, 4) is 0 Å². The number of carbonyl (C=O) groups is 3. The normalized spacial score (nSPS) is 16.5. The van der Waals surface area contributed by atoms with E-state index in [0.29, 0.717) is 36.5 Å². The van der Waals surface area contributed by atoms with E-state index in [1.54, 1.807) is 47.5 Å². The van der Waals surface area contributed by atoms with E-state index in [1.807, 2.05) is 6.92 Å². The number of nitrogens with zero attached hydrogens (tertiary/aromatic N) is 2. The highest BCUT2D eigenvalue weighted by molar-refractivity contribution is 6.00. The van der Waals surface area contributed by atoms with Gasteiger partial charge in [0.2, 0.25) is 5.91 Å². The minimum Gasteiger partial charge on any atom is -0.375 e. The van der Waals surface area contributed by atoms with Gasteiger partial charge in [0, 0.05) is 55.1 Å². The molecular weight excluding hydrogens is 358 g/mol. The van der Waals surface area contributed by atoms with Crippen LogP contribution in [-0.4, -0.2) is 53.3 Å². The summed E-state index contributed by atoms with van der Waals surface area (Å²) >= 11 is 0. The molecule has 1 N–H and O–H groups in total. The minimum atomic E-state index is -0.276. The Bertz CT molecular complexity index is 854. The molecule has 0 spiro atoms. The Kier molecular flexibility index (Phi) is 6.49. The topological polar surface area (TPSA) is 88.6 Å². The van der Waals surface area contributed by atoms with Crippen molar-refractivity contribution in [3.63, 3.8) is 0 Å². The van der Waals surface area contributed by atoms with Crippen molar-refractivity contribution in [1.29, 1.82) is 0 Å². The number of morpholine rings is 1. The molecule has 1 saturated heterocycles. The largest absolute Gasteiger partial charge is 0.375 e. The molecule has 1 fully saturated rings. The van der Waals surface area contributed by atoms with Gasteiger partial charge < -0.3 is 15.0 Å². The maximum absolute atomic E-state index is 12.7. The molecular formula is C21H23N3O4. The number of carbonyl (C=O) groups excluding carboxylic acids is 3. The lowest BCUT2D eigenvalue weighted by Gasteiger charge is -2.31. The number of hydrogen-bond donors (Lipinski definition) is 1. The summed E-state index contributed by atoms with van der Waals surface area (Å²) in [6, 6.07) is 10.2. The first-order valence-electron chi connectivity index (χ1n) is 9.27. The molecule has 0 saturated carbocycles. The Hall–Kier alpha value is -3.06. The van der Waals surface area contributed by atoms with Gasteiger partial charge in [-0.3, -0.25) is 19.4 Å². The van der Waals surface area contributed by atoms with Crippen molar-refractivity contribution in [3.05, 3.63) is 59.9 Å². The number of benzene rings is 1. The molecule has 2 heterocycles. The van der Waals surface area contributed by atoms with Gasteiger partial charge in [0.15, 0.2) is 5.78 Å². The van der Waals surface area contributed by atoms with Crippen LogP contribution in [0.15, 0.2) is 48.8 Å². The first kappa shape index (κ1) is 19.7. The maximum Gasteiger partial charge on any atom is 0.254 e. The van der Waals surface area contributed by atoms with Gasteiger partial charge in [-0.05, 0) is 37.3 Å². The Morgan fingerprint density at radius 1 is 1.18 bits per heavy atom. The fourth-order valence-corrected chi connectivity index (χ4v) is 3.04. The molecule has 0 aliphatic carbocycles. The SMILES string of the molecule is CC1CN(C(=O)c2cccc(NC(=O)CCC(=O)c3cccnc3)c2)CCO1. The van der Waals surface area contributed by atoms with Crippen LogP contribution in [0.2, 0.25) is 0 Å². The molecule has 1 aliphatic heterocycles. The molecule has 1 aromatic heterocycles. The van der Waals surface area contributed by atoms with E-state index in [-0.39, 0.29) is 36.5 Å². The van der Waals surface area contributed by atoms with Crippen LogP contribution >= 0.6 is 0 Å². The molecule has 0 radical (unpaired) electrons. The van der Waals surface area contributed by atoms with Gasteiger partial charge >= 0.3 is 0 Å². The summed E-state index contributed by atoms with van der Waals surface area (Å²) < 4.78 is 5.47. The zero-order valence-electron chi connectivity index (χ0n) is 15.8. The molecule has 3 rings (SSSR count). The summed E-state index contributed by atoms with van der Waals surface area (Å²) in [5.41, 5.74) is 1.53. The average Bonchev–Trinajstić information content (AvgIpc) is 2.72. The van der Waals surface area contributed by atoms with E-state index in [0.717, 1.165) is 0 Å². The summed E-state index contributed by atoms with van der Waals surface area (Å²) in [5.74, 6) is -0.492. The molecule has 2 aromatic rings. The number of ether oxygens (including phenoxy) is 1. The number of hydrogen-bond acceptors (Lipinski definition) is 5. The van der Waals surface area contributed by atoms with Crippen LogP contribution in [0.4, 0.5) is 5.69 Å². The zero-order valence-corrected chi connectivity index (χ0v) is 15.8. The van der Waals surface area contributed by atoms with Gasteiger partial charge in [0.05, 0.1) is 12.7 Å². The van der Waals surface area contributed by atoms with Gasteiger partial charge in [-0.25, -0.2) is 0 Å². The molecule has 2 amide bonds. The molecule has 1 aliphatic rings. The summed E-state index contributed by atoms with van der Waals surface area (Å²) in [7, 11) is 0. The Labute approximate surface area is 163 Å². The fourth-order valence-electron chi connectivity index (χ4n) is 3.04. The predicted molar refractivity (Wildman–Crippen MR) is 104 cm³/mol. The number of anilines is 1. The molecule has 1 atom stereocenters.